The summed E-state index contributed by atoms with van der Waals surface area (Å²) in [7, 11) is 0. The van der Waals surface area contributed by atoms with Gasteiger partial charge in [0.2, 0.25) is 0 Å². The molecule has 0 aromatic carbocycles. The van der Waals surface area contributed by atoms with Crippen molar-refractivity contribution in [1.29, 1.82) is 0 Å². The summed E-state index contributed by atoms with van der Waals surface area (Å²) >= 11 is 0. The summed E-state index contributed by atoms with van der Waals surface area (Å²) in [5.74, 6) is -0.862. The maximum Gasteiger partial charge on any atom is 0.313 e. The SMILES string of the molecule is C=C(/C=C/C=C(C)/C=C/CC)C(C)(C)C(=O)O. The second kappa shape index (κ2) is 6.89. The molecule has 0 fully saturated rings. The number of carboxylic acids is 1. The smallest absolute Gasteiger partial charge is 0.313 e. The lowest BCUT2D eigenvalue weighted by atomic mass is 9.85. The van der Waals surface area contributed by atoms with Gasteiger partial charge >= 0.3 is 5.97 Å². The molecule has 0 aliphatic rings. The van der Waals surface area contributed by atoms with E-state index in [1.165, 1.54) is 0 Å². The fourth-order valence-electron chi connectivity index (χ4n) is 1.02. The molecular formula is C15H22O2. The maximum absolute atomic E-state index is 11.0. The number of allylic oxidation sites excluding steroid dienone is 6. The fourth-order valence-corrected chi connectivity index (χ4v) is 1.02. The Morgan fingerprint density at radius 1 is 1.35 bits per heavy atom. The Bertz CT molecular complexity index is 368. The van der Waals surface area contributed by atoms with Gasteiger partial charge in [0.15, 0.2) is 0 Å². The number of carboxylic acid groups (broad SMARTS) is 1. The second-order valence-electron chi connectivity index (χ2n) is 4.54. The van der Waals surface area contributed by atoms with E-state index >= 15 is 0 Å². The lowest BCUT2D eigenvalue weighted by Gasteiger charge is -2.19. The maximum atomic E-state index is 11.0. The van der Waals surface area contributed by atoms with Crippen molar-refractivity contribution in [2.75, 3.05) is 0 Å². The number of aliphatic carboxylic acids is 1. The van der Waals surface area contributed by atoms with Crippen molar-refractivity contribution in [2.24, 2.45) is 5.41 Å². The van der Waals surface area contributed by atoms with Gasteiger partial charge in [-0.15, -0.1) is 0 Å². The molecule has 0 aliphatic heterocycles. The molecule has 2 nitrogen and oxygen atoms in total. The van der Waals surface area contributed by atoms with Gasteiger partial charge in [-0.1, -0.05) is 49.5 Å². The molecule has 0 radical (unpaired) electrons. The van der Waals surface area contributed by atoms with Crippen molar-refractivity contribution in [3.05, 3.63) is 48.1 Å². The first-order valence-corrected chi connectivity index (χ1v) is 5.76. The van der Waals surface area contributed by atoms with Crippen LogP contribution in [0.1, 0.15) is 34.1 Å². The minimum Gasteiger partial charge on any atom is -0.481 e. The Kier molecular flexibility index (Phi) is 6.26. The topological polar surface area (TPSA) is 37.3 Å². The van der Waals surface area contributed by atoms with Gasteiger partial charge < -0.3 is 5.11 Å². The van der Waals surface area contributed by atoms with E-state index in [1.807, 2.05) is 25.2 Å². The van der Waals surface area contributed by atoms with E-state index in [-0.39, 0.29) is 0 Å². The molecule has 0 saturated heterocycles. The van der Waals surface area contributed by atoms with Crippen LogP contribution in [0.25, 0.3) is 0 Å². The quantitative estimate of drug-likeness (QED) is 0.702. The number of rotatable bonds is 6. The third kappa shape index (κ3) is 5.34. The zero-order chi connectivity index (χ0) is 13.5. The average molecular weight is 234 g/mol. The van der Waals surface area contributed by atoms with Crippen LogP contribution in [0.15, 0.2) is 48.1 Å². The predicted octanol–water partition coefficient (Wildman–Crippen LogP) is 4.12. The lowest BCUT2D eigenvalue weighted by molar-refractivity contribution is -0.144. The van der Waals surface area contributed by atoms with Crippen LogP contribution >= 0.6 is 0 Å². The molecular weight excluding hydrogens is 212 g/mol. The summed E-state index contributed by atoms with van der Waals surface area (Å²) in [4.78, 5) is 11.0. The van der Waals surface area contributed by atoms with Crippen molar-refractivity contribution >= 4 is 5.97 Å². The summed E-state index contributed by atoms with van der Waals surface area (Å²) in [5, 5.41) is 9.02. The number of hydrogen-bond acceptors (Lipinski definition) is 1. The van der Waals surface area contributed by atoms with Crippen LogP contribution in [0.2, 0.25) is 0 Å². The highest BCUT2D eigenvalue weighted by Gasteiger charge is 2.28. The van der Waals surface area contributed by atoms with E-state index < -0.39 is 11.4 Å². The van der Waals surface area contributed by atoms with E-state index in [9.17, 15) is 4.79 Å². The van der Waals surface area contributed by atoms with Gasteiger partial charge in [0, 0.05) is 0 Å². The van der Waals surface area contributed by atoms with E-state index in [4.69, 9.17) is 5.11 Å². The molecule has 94 valence electrons. The third-order valence-corrected chi connectivity index (χ3v) is 2.61. The van der Waals surface area contributed by atoms with Crippen LogP contribution in [0.5, 0.6) is 0 Å². The lowest BCUT2D eigenvalue weighted by Crippen LogP contribution is -2.24. The summed E-state index contributed by atoms with van der Waals surface area (Å²) in [5.41, 5.74) is 0.801. The van der Waals surface area contributed by atoms with Crippen LogP contribution < -0.4 is 0 Å². The van der Waals surface area contributed by atoms with Gasteiger partial charge in [0.25, 0.3) is 0 Å². The minimum absolute atomic E-state index is 0.591. The van der Waals surface area contributed by atoms with E-state index in [1.54, 1.807) is 19.9 Å². The monoisotopic (exact) mass is 234 g/mol. The van der Waals surface area contributed by atoms with Gasteiger partial charge in [-0.05, 0) is 32.8 Å². The van der Waals surface area contributed by atoms with Crippen LogP contribution in [0.3, 0.4) is 0 Å². The van der Waals surface area contributed by atoms with E-state index in [0.29, 0.717) is 5.57 Å². The zero-order valence-corrected chi connectivity index (χ0v) is 11.2. The molecule has 0 amide bonds. The third-order valence-electron chi connectivity index (χ3n) is 2.61. The van der Waals surface area contributed by atoms with Crippen molar-refractivity contribution < 1.29 is 9.90 Å². The van der Waals surface area contributed by atoms with Crippen molar-refractivity contribution in [1.82, 2.24) is 0 Å². The summed E-state index contributed by atoms with van der Waals surface area (Å²) in [6.07, 6.45) is 10.6. The molecule has 0 aromatic rings. The Balaban J connectivity index is 4.60. The molecule has 0 saturated carbocycles. The summed E-state index contributed by atoms with van der Waals surface area (Å²) in [6, 6.07) is 0. The van der Waals surface area contributed by atoms with Crippen molar-refractivity contribution in [3.63, 3.8) is 0 Å². The normalized spacial score (nSPS) is 13.5. The van der Waals surface area contributed by atoms with E-state index in [2.05, 4.69) is 19.6 Å². The highest BCUT2D eigenvalue weighted by atomic mass is 16.4. The summed E-state index contributed by atoms with van der Waals surface area (Å²) in [6.45, 7) is 11.2. The molecule has 1 N–H and O–H groups in total. The van der Waals surface area contributed by atoms with Crippen molar-refractivity contribution in [2.45, 2.75) is 34.1 Å². The van der Waals surface area contributed by atoms with Crippen LogP contribution in [-0.2, 0) is 4.79 Å². The van der Waals surface area contributed by atoms with Gasteiger partial charge in [-0.25, -0.2) is 0 Å². The molecule has 2 heteroatoms. The minimum atomic E-state index is -0.919. The van der Waals surface area contributed by atoms with Gasteiger partial charge in [-0.2, -0.15) is 0 Å². The highest BCUT2D eigenvalue weighted by Crippen LogP contribution is 2.25. The predicted molar refractivity (Wildman–Crippen MR) is 72.9 cm³/mol. The molecule has 0 unspecified atom stereocenters. The van der Waals surface area contributed by atoms with Gasteiger partial charge in [0.1, 0.15) is 0 Å². The molecule has 0 bridgehead atoms. The van der Waals surface area contributed by atoms with Gasteiger partial charge in [0.05, 0.1) is 5.41 Å². The average Bonchev–Trinajstić information content (AvgIpc) is 2.25. The highest BCUT2D eigenvalue weighted by molar-refractivity contribution is 5.78. The number of carbonyl (C=O) groups is 1. The molecule has 0 aliphatic carbocycles. The first-order chi connectivity index (χ1) is 7.82. The Hall–Kier alpha value is -1.57. The van der Waals surface area contributed by atoms with Crippen LogP contribution in [0, 0.1) is 5.41 Å². The molecule has 0 spiro atoms. The summed E-state index contributed by atoms with van der Waals surface area (Å²) < 4.78 is 0. The first-order valence-electron chi connectivity index (χ1n) is 5.76. The Morgan fingerprint density at radius 3 is 2.41 bits per heavy atom. The largest absolute Gasteiger partial charge is 0.481 e. The Morgan fingerprint density at radius 2 is 1.94 bits per heavy atom. The van der Waals surface area contributed by atoms with Crippen molar-refractivity contribution in [3.8, 4) is 0 Å². The molecule has 0 aromatic heterocycles. The zero-order valence-electron chi connectivity index (χ0n) is 11.2. The van der Waals surface area contributed by atoms with E-state index in [0.717, 1.165) is 12.0 Å². The standard InChI is InChI=1S/C15H22O2/c1-6-7-9-12(2)10-8-11-13(3)15(4,5)14(16)17/h7-11H,3,6H2,1-2,4-5H3,(H,16,17)/b9-7+,11-8+,12-10+. The molecule has 0 heterocycles. The van der Waals surface area contributed by atoms with Crippen LogP contribution in [-0.4, -0.2) is 11.1 Å². The Labute approximate surface area is 104 Å². The molecule has 0 rings (SSSR count). The van der Waals surface area contributed by atoms with Crippen LogP contribution in [0.4, 0.5) is 0 Å². The number of hydrogen-bond donors (Lipinski definition) is 1. The fraction of sp³-hybridized carbons (Fsp3) is 0.400. The second-order valence-corrected chi connectivity index (χ2v) is 4.54. The van der Waals surface area contributed by atoms with Gasteiger partial charge in [-0.3, -0.25) is 4.79 Å². The molecule has 0 atom stereocenters. The molecule has 17 heavy (non-hydrogen) atoms. The first kappa shape index (κ1) is 15.4.